The molecule has 0 radical (unpaired) electrons. The number of aliphatic hydroxyl groups is 1. The molecule has 0 bridgehead atoms. The molecule has 1 unspecified atom stereocenters. The number of fused-ring (bicyclic) bond motifs is 2. The lowest BCUT2D eigenvalue weighted by atomic mass is 9.91. The van der Waals surface area contributed by atoms with Gasteiger partial charge in [0.15, 0.2) is 5.58 Å². The molecule has 2 N–H and O–H groups in total. The Morgan fingerprint density at radius 1 is 1.19 bits per heavy atom. The van der Waals surface area contributed by atoms with Crippen LogP contribution in [0.1, 0.15) is 54.4 Å². The number of hydrogen-bond acceptors (Lipinski definition) is 9. The summed E-state index contributed by atoms with van der Waals surface area (Å²) in [5.41, 5.74) is 3.50. The molecule has 1 aromatic carbocycles. The van der Waals surface area contributed by atoms with Gasteiger partial charge in [0.25, 0.3) is 5.56 Å². The second-order valence-corrected chi connectivity index (χ2v) is 11.5. The van der Waals surface area contributed by atoms with Crippen LogP contribution in [0.5, 0.6) is 5.75 Å². The van der Waals surface area contributed by atoms with Crippen LogP contribution in [0, 0.1) is 6.92 Å². The van der Waals surface area contributed by atoms with Gasteiger partial charge in [0, 0.05) is 54.2 Å². The van der Waals surface area contributed by atoms with Gasteiger partial charge < -0.3 is 29.5 Å². The van der Waals surface area contributed by atoms with Crippen LogP contribution in [0.25, 0.3) is 11.0 Å². The number of carbonyl (C=O) groups is 2. The molecule has 5 heterocycles. The fraction of sp³-hybridized carbons (Fsp3) is 0.516. The molecule has 12 heteroatoms. The first kappa shape index (κ1) is 29.1. The van der Waals surface area contributed by atoms with Crippen LogP contribution in [0.3, 0.4) is 0 Å². The molecular weight excluding hydrogens is 552 g/mol. The highest BCUT2D eigenvalue weighted by Crippen LogP contribution is 2.34. The zero-order chi connectivity index (χ0) is 29.9. The van der Waals surface area contributed by atoms with E-state index in [-0.39, 0.29) is 31.2 Å². The summed E-state index contributed by atoms with van der Waals surface area (Å²) in [5.74, 6) is 1.08. The Bertz CT molecular complexity index is 1590. The van der Waals surface area contributed by atoms with Crippen molar-refractivity contribution in [3.63, 3.8) is 0 Å². The van der Waals surface area contributed by atoms with Gasteiger partial charge in [-0.05, 0) is 70.3 Å². The molecule has 2 amide bonds. The van der Waals surface area contributed by atoms with E-state index in [4.69, 9.17) is 14.2 Å². The number of rotatable bonds is 10. The van der Waals surface area contributed by atoms with Crippen molar-refractivity contribution >= 4 is 22.8 Å². The summed E-state index contributed by atoms with van der Waals surface area (Å²) in [7, 11) is 0. The van der Waals surface area contributed by atoms with E-state index in [1.165, 1.54) is 12.2 Å². The van der Waals surface area contributed by atoms with Gasteiger partial charge in [-0.1, -0.05) is 5.16 Å². The fourth-order valence-corrected chi connectivity index (χ4v) is 6.28. The van der Waals surface area contributed by atoms with Gasteiger partial charge >= 0.3 is 0 Å². The number of aromatic nitrogens is 3. The van der Waals surface area contributed by atoms with Crippen molar-refractivity contribution < 1.29 is 24.0 Å². The number of nitrogens with zero attached hydrogens (tertiary/aromatic N) is 5. The number of benzene rings is 1. The molecule has 1 atom stereocenters. The SMILES string of the molecule is Cc1nc2n(c(=O)c1CCN1CCC(c3noc4cc(OCCNC(=O)CN5C(=O)C=CC5O)ccc34)CC1)CCCC2. The fourth-order valence-electron chi connectivity index (χ4n) is 6.28. The predicted molar refractivity (Wildman–Crippen MR) is 158 cm³/mol. The second kappa shape index (κ2) is 12.7. The second-order valence-electron chi connectivity index (χ2n) is 11.5. The van der Waals surface area contributed by atoms with Gasteiger partial charge in [-0.25, -0.2) is 4.98 Å². The lowest BCUT2D eigenvalue weighted by Gasteiger charge is -2.31. The molecule has 6 rings (SSSR count). The quantitative estimate of drug-likeness (QED) is 0.337. The zero-order valence-electron chi connectivity index (χ0n) is 24.5. The Morgan fingerprint density at radius 2 is 2.02 bits per heavy atom. The van der Waals surface area contributed by atoms with E-state index in [1.807, 2.05) is 23.6 Å². The minimum atomic E-state index is -1.07. The van der Waals surface area contributed by atoms with Crippen molar-refractivity contribution in [1.29, 1.82) is 0 Å². The van der Waals surface area contributed by atoms with Gasteiger partial charge in [0.05, 0.1) is 12.2 Å². The maximum atomic E-state index is 13.1. The van der Waals surface area contributed by atoms with Crippen molar-refractivity contribution in [1.82, 2.24) is 29.8 Å². The molecule has 12 nitrogen and oxygen atoms in total. The van der Waals surface area contributed by atoms with Crippen LogP contribution >= 0.6 is 0 Å². The standard InChI is InChI=1S/C31H38N6O6/c1-20-23(31(41)36-13-3-2-4-26(36)33-20)11-16-35-14-9-21(10-15-35)30-24-6-5-22(18-25(24)43-34-30)42-17-12-32-27(38)19-37-28(39)7-8-29(37)40/h5-8,18,21,28,39H,2-4,9-17,19H2,1H3,(H,32,38). The molecule has 228 valence electrons. The third-order valence-electron chi connectivity index (χ3n) is 8.72. The summed E-state index contributed by atoms with van der Waals surface area (Å²) < 4.78 is 13.3. The van der Waals surface area contributed by atoms with E-state index in [9.17, 15) is 19.5 Å². The highest BCUT2D eigenvalue weighted by Gasteiger charge is 2.27. The van der Waals surface area contributed by atoms with Crippen LogP contribution < -0.4 is 15.6 Å². The number of hydrogen-bond donors (Lipinski definition) is 2. The van der Waals surface area contributed by atoms with E-state index in [1.54, 1.807) is 6.07 Å². The predicted octanol–water partition coefficient (Wildman–Crippen LogP) is 1.66. The molecule has 3 aliphatic rings. The first-order chi connectivity index (χ1) is 20.9. The molecule has 1 saturated heterocycles. The average Bonchev–Trinajstić information content (AvgIpc) is 3.57. The lowest BCUT2D eigenvalue weighted by molar-refractivity contribution is -0.137. The van der Waals surface area contributed by atoms with Crippen LogP contribution in [0.2, 0.25) is 0 Å². The molecule has 0 saturated carbocycles. The average molecular weight is 591 g/mol. The van der Waals surface area contributed by atoms with Crippen molar-refractivity contribution in [2.45, 2.75) is 64.1 Å². The van der Waals surface area contributed by atoms with E-state index < -0.39 is 12.1 Å². The number of likely N-dealkylation sites (tertiary alicyclic amines) is 1. The number of ether oxygens (including phenoxy) is 1. The summed E-state index contributed by atoms with van der Waals surface area (Å²) in [5, 5.41) is 17.8. The van der Waals surface area contributed by atoms with Crippen molar-refractivity contribution in [3.8, 4) is 5.75 Å². The third-order valence-corrected chi connectivity index (χ3v) is 8.72. The Hall–Kier alpha value is -4.03. The molecule has 1 fully saturated rings. The summed E-state index contributed by atoms with van der Waals surface area (Å²) >= 11 is 0. The van der Waals surface area contributed by atoms with Gasteiger partial charge in [-0.3, -0.25) is 19.0 Å². The monoisotopic (exact) mass is 590 g/mol. The molecule has 43 heavy (non-hydrogen) atoms. The Labute approximate surface area is 249 Å². The maximum Gasteiger partial charge on any atom is 0.256 e. The summed E-state index contributed by atoms with van der Waals surface area (Å²) in [4.78, 5) is 45.0. The van der Waals surface area contributed by atoms with Gasteiger partial charge in [0.2, 0.25) is 11.8 Å². The van der Waals surface area contributed by atoms with E-state index in [2.05, 4.69) is 15.4 Å². The normalized spacial score (nSPS) is 19.3. The highest BCUT2D eigenvalue weighted by molar-refractivity contribution is 5.93. The smallest absolute Gasteiger partial charge is 0.256 e. The lowest BCUT2D eigenvalue weighted by Crippen LogP contribution is -2.43. The summed E-state index contributed by atoms with van der Waals surface area (Å²) in [6.07, 6.45) is 7.22. The van der Waals surface area contributed by atoms with Crippen LogP contribution in [-0.2, 0) is 29.0 Å². The van der Waals surface area contributed by atoms with Crippen LogP contribution in [0.15, 0.2) is 39.7 Å². The third kappa shape index (κ3) is 6.35. The van der Waals surface area contributed by atoms with Crippen molar-refractivity contribution in [2.75, 3.05) is 39.3 Å². The molecule has 0 spiro atoms. The van der Waals surface area contributed by atoms with E-state index >= 15 is 0 Å². The number of piperidine rings is 1. The topological polar surface area (TPSA) is 143 Å². The van der Waals surface area contributed by atoms with Crippen molar-refractivity contribution in [2.24, 2.45) is 0 Å². The Kier molecular flexibility index (Phi) is 8.57. The highest BCUT2D eigenvalue weighted by atomic mass is 16.5. The molecule has 3 aromatic rings. The molecule has 3 aliphatic heterocycles. The van der Waals surface area contributed by atoms with E-state index in [0.717, 1.165) is 97.8 Å². The van der Waals surface area contributed by atoms with Crippen molar-refractivity contribution in [3.05, 3.63) is 63.5 Å². The number of carbonyl (C=O) groups excluding carboxylic acids is 2. The Morgan fingerprint density at radius 3 is 2.81 bits per heavy atom. The summed E-state index contributed by atoms with van der Waals surface area (Å²) in [6, 6.07) is 5.65. The maximum absolute atomic E-state index is 13.1. The number of nitrogens with one attached hydrogen (secondary N) is 1. The zero-order valence-corrected chi connectivity index (χ0v) is 24.5. The number of amides is 2. The van der Waals surface area contributed by atoms with Gasteiger partial charge in [-0.2, -0.15) is 0 Å². The largest absolute Gasteiger partial charge is 0.492 e. The van der Waals surface area contributed by atoms with Crippen LogP contribution in [0.4, 0.5) is 0 Å². The van der Waals surface area contributed by atoms with E-state index in [0.29, 0.717) is 17.3 Å². The molecular formula is C31H38N6O6. The van der Waals surface area contributed by atoms with Gasteiger partial charge in [-0.15, -0.1) is 0 Å². The Balaban J connectivity index is 0.967. The molecule has 2 aromatic heterocycles. The minimum absolute atomic E-state index is 0.146. The minimum Gasteiger partial charge on any atom is -0.492 e. The number of aliphatic hydroxyl groups excluding tert-OH is 1. The van der Waals surface area contributed by atoms with Crippen LogP contribution in [-0.4, -0.2) is 87.0 Å². The first-order valence-corrected chi connectivity index (χ1v) is 15.1. The van der Waals surface area contributed by atoms with Gasteiger partial charge in [0.1, 0.15) is 31.0 Å². The summed E-state index contributed by atoms with van der Waals surface area (Å²) in [6.45, 7) is 5.74. The molecule has 0 aliphatic carbocycles. The first-order valence-electron chi connectivity index (χ1n) is 15.1. The number of aryl methyl sites for hydroxylation is 2.